The van der Waals surface area contributed by atoms with E-state index in [1.807, 2.05) is 49.4 Å². The zero-order chi connectivity index (χ0) is 19.9. The number of carbonyl (C=O) groups is 2. The number of nitrogens with one attached hydrogen (secondary N) is 2. The van der Waals surface area contributed by atoms with E-state index in [4.69, 9.17) is 0 Å². The first-order chi connectivity index (χ1) is 13.5. The van der Waals surface area contributed by atoms with Crippen LogP contribution in [0.5, 0.6) is 5.75 Å². The average molecular weight is 396 g/mol. The van der Waals surface area contributed by atoms with E-state index in [1.165, 1.54) is 28.2 Å². The molecule has 0 unspecified atom stereocenters. The summed E-state index contributed by atoms with van der Waals surface area (Å²) in [5.41, 5.74) is 7.45. The molecule has 0 aliphatic carbocycles. The molecule has 144 valence electrons. The van der Waals surface area contributed by atoms with Crippen molar-refractivity contribution >= 4 is 23.6 Å². The molecule has 0 atom stereocenters. The number of benzene rings is 2. The predicted octanol–water partition coefficient (Wildman–Crippen LogP) is 2.58. The summed E-state index contributed by atoms with van der Waals surface area (Å²) in [5.74, 6) is -0.413. The highest BCUT2D eigenvalue weighted by atomic mass is 32.2. The lowest BCUT2D eigenvalue weighted by Gasteiger charge is -2.06. The third-order valence-electron chi connectivity index (χ3n) is 3.87. The molecule has 3 rings (SSSR count). The number of hydrogen-bond acceptors (Lipinski definition) is 5. The van der Waals surface area contributed by atoms with E-state index in [0.29, 0.717) is 11.4 Å². The summed E-state index contributed by atoms with van der Waals surface area (Å²) in [6, 6.07) is 17.2. The summed E-state index contributed by atoms with van der Waals surface area (Å²) in [6.45, 7) is 2.02. The van der Waals surface area contributed by atoms with Crippen LogP contribution in [-0.4, -0.2) is 32.5 Å². The van der Waals surface area contributed by atoms with Gasteiger partial charge in [-0.1, -0.05) is 48.0 Å². The van der Waals surface area contributed by atoms with E-state index in [1.54, 1.807) is 12.1 Å². The van der Waals surface area contributed by atoms with E-state index in [9.17, 15) is 14.7 Å². The fraction of sp³-hybridized carbons (Fsp3) is 0.150. The highest BCUT2D eigenvalue weighted by molar-refractivity contribution is 7.99. The van der Waals surface area contributed by atoms with Gasteiger partial charge >= 0.3 is 0 Å². The topological polar surface area (TPSA) is 96.3 Å². The van der Waals surface area contributed by atoms with Gasteiger partial charge in [-0.05, 0) is 24.6 Å². The number of rotatable bonds is 6. The fourth-order valence-corrected chi connectivity index (χ4v) is 3.19. The average Bonchev–Trinajstić information content (AvgIpc) is 3.10. The molecule has 0 bridgehead atoms. The van der Waals surface area contributed by atoms with Gasteiger partial charge in [0.2, 0.25) is 5.91 Å². The summed E-state index contributed by atoms with van der Waals surface area (Å²) in [6.07, 6.45) is 1.34. The van der Waals surface area contributed by atoms with Gasteiger partial charge in [0.25, 0.3) is 5.91 Å². The van der Waals surface area contributed by atoms with Crippen LogP contribution in [0.4, 0.5) is 0 Å². The zero-order valence-corrected chi connectivity index (χ0v) is 16.1. The van der Waals surface area contributed by atoms with Gasteiger partial charge < -0.3 is 5.11 Å². The number of aryl methyl sites for hydroxylation is 1. The highest BCUT2D eigenvalue weighted by Crippen LogP contribution is 2.17. The Morgan fingerprint density at radius 1 is 1.07 bits per heavy atom. The van der Waals surface area contributed by atoms with Crippen molar-refractivity contribution in [1.29, 1.82) is 0 Å². The first-order valence-electron chi connectivity index (χ1n) is 8.59. The zero-order valence-electron chi connectivity index (χ0n) is 15.3. The second-order valence-corrected chi connectivity index (χ2v) is 7.11. The lowest BCUT2D eigenvalue weighted by molar-refractivity contribution is -0.119. The maximum absolute atomic E-state index is 12.2. The summed E-state index contributed by atoms with van der Waals surface area (Å²) in [7, 11) is 0. The van der Waals surface area contributed by atoms with Crippen LogP contribution in [0, 0.1) is 6.92 Å². The minimum Gasteiger partial charge on any atom is -0.504 e. The van der Waals surface area contributed by atoms with Crippen molar-refractivity contribution in [2.24, 2.45) is 0 Å². The van der Waals surface area contributed by atoms with Gasteiger partial charge in [0.05, 0.1) is 17.6 Å². The van der Waals surface area contributed by atoms with Crippen molar-refractivity contribution in [3.05, 3.63) is 77.6 Å². The molecule has 28 heavy (non-hydrogen) atoms. The fourth-order valence-electron chi connectivity index (χ4n) is 2.41. The van der Waals surface area contributed by atoms with Gasteiger partial charge in [0.15, 0.2) is 11.4 Å². The predicted molar refractivity (Wildman–Crippen MR) is 108 cm³/mol. The number of thioether (sulfide) groups is 1. The normalized spacial score (nSPS) is 10.5. The molecule has 0 spiro atoms. The van der Waals surface area contributed by atoms with Crippen LogP contribution in [0.15, 0.2) is 60.8 Å². The number of nitrogens with zero attached hydrogens (tertiary/aromatic N) is 2. The number of amides is 2. The van der Waals surface area contributed by atoms with Crippen LogP contribution in [0.2, 0.25) is 0 Å². The molecule has 0 saturated carbocycles. The van der Waals surface area contributed by atoms with Crippen molar-refractivity contribution in [3.63, 3.8) is 0 Å². The van der Waals surface area contributed by atoms with E-state index < -0.39 is 5.91 Å². The van der Waals surface area contributed by atoms with Crippen molar-refractivity contribution in [1.82, 2.24) is 20.6 Å². The maximum atomic E-state index is 12.2. The number of aromatic nitrogens is 2. The maximum Gasteiger partial charge on any atom is 0.294 e. The molecule has 2 amide bonds. The summed E-state index contributed by atoms with van der Waals surface area (Å²) in [4.78, 5) is 24.1. The number of carbonyl (C=O) groups excluding carboxylic acids is 2. The van der Waals surface area contributed by atoms with Gasteiger partial charge in [-0.2, -0.15) is 5.10 Å². The van der Waals surface area contributed by atoms with Gasteiger partial charge in [-0.15, -0.1) is 11.8 Å². The lowest BCUT2D eigenvalue weighted by atomic mass is 10.2. The summed E-state index contributed by atoms with van der Waals surface area (Å²) >= 11 is 1.44. The molecule has 7 nitrogen and oxygen atoms in total. The summed E-state index contributed by atoms with van der Waals surface area (Å²) < 4.78 is 1.39. The molecule has 1 aromatic heterocycles. The molecule has 0 aliphatic heterocycles. The molecule has 0 saturated heterocycles. The monoisotopic (exact) mass is 396 g/mol. The van der Waals surface area contributed by atoms with Crippen LogP contribution < -0.4 is 10.9 Å². The molecule has 8 heteroatoms. The number of aromatic hydroxyl groups is 1. The second kappa shape index (κ2) is 9.09. The van der Waals surface area contributed by atoms with Gasteiger partial charge in [0.1, 0.15) is 0 Å². The van der Waals surface area contributed by atoms with Crippen LogP contribution in [0.1, 0.15) is 21.6 Å². The third kappa shape index (κ3) is 5.14. The molecule has 3 N–H and O–H groups in total. The Morgan fingerprint density at radius 2 is 1.79 bits per heavy atom. The van der Waals surface area contributed by atoms with Gasteiger partial charge in [-0.25, -0.2) is 4.68 Å². The van der Waals surface area contributed by atoms with Crippen molar-refractivity contribution in [2.45, 2.75) is 12.7 Å². The Morgan fingerprint density at radius 3 is 2.50 bits per heavy atom. The molecule has 1 heterocycles. The minimum absolute atomic E-state index is 0.170. The molecule has 3 aromatic rings. The Bertz CT molecular complexity index is 955. The number of hydrogen-bond donors (Lipinski definition) is 3. The first-order valence-corrected chi connectivity index (χ1v) is 9.75. The minimum atomic E-state index is -0.691. The quantitative estimate of drug-likeness (QED) is 0.557. The van der Waals surface area contributed by atoms with Crippen molar-refractivity contribution < 1.29 is 14.7 Å². The largest absolute Gasteiger partial charge is 0.504 e. The lowest BCUT2D eigenvalue weighted by Crippen LogP contribution is -2.42. The van der Waals surface area contributed by atoms with E-state index in [-0.39, 0.29) is 23.1 Å². The van der Waals surface area contributed by atoms with Crippen molar-refractivity contribution in [3.8, 4) is 11.4 Å². The molecular formula is C20H20N4O3S. The second-order valence-electron chi connectivity index (χ2n) is 6.12. The Hall–Kier alpha value is -3.26. The highest BCUT2D eigenvalue weighted by Gasteiger charge is 2.17. The van der Waals surface area contributed by atoms with E-state index >= 15 is 0 Å². The molecule has 2 aromatic carbocycles. The van der Waals surface area contributed by atoms with E-state index in [0.717, 1.165) is 5.56 Å². The Labute approximate surface area is 166 Å². The summed E-state index contributed by atoms with van der Waals surface area (Å²) in [5, 5.41) is 14.0. The van der Waals surface area contributed by atoms with Gasteiger partial charge in [-0.3, -0.25) is 20.4 Å². The van der Waals surface area contributed by atoms with Crippen LogP contribution in [-0.2, 0) is 10.5 Å². The smallest absolute Gasteiger partial charge is 0.294 e. The Kier molecular flexibility index (Phi) is 6.33. The Balaban J connectivity index is 1.48. The SMILES string of the molecule is Cc1ccc(CSCC(=O)NNC(=O)c2nn(-c3ccccc3)cc2O)cc1. The van der Waals surface area contributed by atoms with E-state index in [2.05, 4.69) is 16.0 Å². The van der Waals surface area contributed by atoms with Gasteiger partial charge in [0, 0.05) is 5.75 Å². The third-order valence-corrected chi connectivity index (χ3v) is 4.87. The molecule has 0 radical (unpaired) electrons. The number of para-hydroxylation sites is 1. The van der Waals surface area contributed by atoms with Crippen LogP contribution >= 0.6 is 11.8 Å². The molecule has 0 fully saturated rings. The van der Waals surface area contributed by atoms with Crippen LogP contribution in [0.25, 0.3) is 5.69 Å². The number of hydrazine groups is 1. The van der Waals surface area contributed by atoms with Crippen molar-refractivity contribution in [2.75, 3.05) is 5.75 Å². The molecular weight excluding hydrogens is 376 g/mol. The first kappa shape index (κ1) is 19.5. The van der Waals surface area contributed by atoms with Crippen LogP contribution in [0.3, 0.4) is 0 Å². The standard InChI is InChI=1S/C20H20N4O3S/c1-14-7-9-15(10-8-14)12-28-13-18(26)21-22-20(27)19-17(25)11-24(23-19)16-5-3-2-4-6-16/h2-11,25H,12-13H2,1H3,(H,21,26)(H,22,27). The molecule has 0 aliphatic rings.